The predicted octanol–water partition coefficient (Wildman–Crippen LogP) is 2.99. The topological polar surface area (TPSA) is 27.8 Å². The SMILES string of the molecule is CNC1CCc2[nH]c3c(C)ccc(C)c3c21. The Morgan fingerprint density at radius 1 is 1.25 bits per heavy atom. The summed E-state index contributed by atoms with van der Waals surface area (Å²) in [5, 5.41) is 4.88. The number of hydrogen-bond donors (Lipinski definition) is 2. The van der Waals surface area contributed by atoms with Gasteiger partial charge in [-0.1, -0.05) is 12.1 Å². The third-order valence-corrected chi connectivity index (χ3v) is 3.87. The van der Waals surface area contributed by atoms with Crippen LogP contribution in [0.5, 0.6) is 0 Å². The molecule has 1 unspecified atom stereocenters. The zero-order chi connectivity index (χ0) is 11.3. The summed E-state index contributed by atoms with van der Waals surface area (Å²) in [7, 11) is 2.06. The zero-order valence-corrected chi connectivity index (χ0v) is 10.1. The largest absolute Gasteiger partial charge is 0.358 e. The van der Waals surface area contributed by atoms with Crippen LogP contribution >= 0.6 is 0 Å². The summed E-state index contributed by atoms with van der Waals surface area (Å²) in [6.07, 6.45) is 2.40. The molecular formula is C14H18N2. The lowest BCUT2D eigenvalue weighted by molar-refractivity contribution is 0.592. The van der Waals surface area contributed by atoms with Crippen molar-refractivity contribution in [2.24, 2.45) is 0 Å². The van der Waals surface area contributed by atoms with Gasteiger partial charge in [0.15, 0.2) is 0 Å². The molecule has 1 aliphatic carbocycles. The quantitative estimate of drug-likeness (QED) is 0.750. The van der Waals surface area contributed by atoms with Crippen molar-refractivity contribution < 1.29 is 0 Å². The Morgan fingerprint density at radius 3 is 2.75 bits per heavy atom. The highest BCUT2D eigenvalue weighted by Crippen LogP contribution is 2.39. The van der Waals surface area contributed by atoms with E-state index in [2.05, 4.69) is 43.3 Å². The monoisotopic (exact) mass is 214 g/mol. The molecule has 2 N–H and O–H groups in total. The van der Waals surface area contributed by atoms with Crippen LogP contribution in [-0.2, 0) is 6.42 Å². The van der Waals surface area contributed by atoms with Crippen molar-refractivity contribution in [3.8, 4) is 0 Å². The molecule has 16 heavy (non-hydrogen) atoms. The minimum Gasteiger partial charge on any atom is -0.358 e. The average molecular weight is 214 g/mol. The Balaban J connectivity index is 2.38. The predicted molar refractivity (Wildman–Crippen MR) is 67.9 cm³/mol. The van der Waals surface area contributed by atoms with E-state index in [-0.39, 0.29) is 0 Å². The highest BCUT2D eigenvalue weighted by Gasteiger charge is 2.26. The van der Waals surface area contributed by atoms with Crippen LogP contribution in [0, 0.1) is 13.8 Å². The Kier molecular flexibility index (Phi) is 2.08. The molecule has 0 spiro atoms. The molecule has 3 rings (SSSR count). The molecule has 1 heterocycles. The summed E-state index contributed by atoms with van der Waals surface area (Å²) in [5.41, 5.74) is 7.03. The molecule has 0 saturated heterocycles. The van der Waals surface area contributed by atoms with Gasteiger partial charge in [0.05, 0.1) is 0 Å². The maximum atomic E-state index is 3.61. The second-order valence-corrected chi connectivity index (χ2v) is 4.85. The van der Waals surface area contributed by atoms with E-state index >= 15 is 0 Å². The summed E-state index contributed by atoms with van der Waals surface area (Å²) < 4.78 is 0. The summed E-state index contributed by atoms with van der Waals surface area (Å²) in [4.78, 5) is 3.61. The minimum atomic E-state index is 0.532. The van der Waals surface area contributed by atoms with Crippen LogP contribution in [0.25, 0.3) is 10.9 Å². The van der Waals surface area contributed by atoms with Crippen LogP contribution in [0.1, 0.15) is 34.8 Å². The highest BCUT2D eigenvalue weighted by atomic mass is 14.9. The first-order chi connectivity index (χ1) is 7.72. The molecular weight excluding hydrogens is 196 g/mol. The van der Waals surface area contributed by atoms with Gasteiger partial charge in [0.1, 0.15) is 0 Å². The van der Waals surface area contributed by atoms with Crippen molar-refractivity contribution in [3.63, 3.8) is 0 Å². The molecule has 1 aliphatic rings. The molecule has 2 aromatic rings. The maximum Gasteiger partial charge on any atom is 0.0491 e. The van der Waals surface area contributed by atoms with Gasteiger partial charge in [-0.05, 0) is 50.4 Å². The van der Waals surface area contributed by atoms with Gasteiger partial charge >= 0.3 is 0 Å². The molecule has 0 fully saturated rings. The van der Waals surface area contributed by atoms with E-state index in [0.29, 0.717) is 6.04 Å². The van der Waals surface area contributed by atoms with Crippen LogP contribution in [0.3, 0.4) is 0 Å². The maximum absolute atomic E-state index is 3.61. The number of H-pyrrole nitrogens is 1. The second-order valence-electron chi connectivity index (χ2n) is 4.85. The standard InChI is InChI=1S/C14H18N2/c1-8-4-5-9(2)14-12(8)13-10(15-3)6-7-11(13)16-14/h4-5,10,15-16H,6-7H2,1-3H3. The van der Waals surface area contributed by atoms with E-state index in [1.54, 1.807) is 0 Å². The van der Waals surface area contributed by atoms with Crippen LogP contribution in [0.4, 0.5) is 0 Å². The number of aromatic nitrogens is 1. The van der Waals surface area contributed by atoms with Gasteiger partial charge in [0, 0.05) is 22.6 Å². The van der Waals surface area contributed by atoms with Crippen LogP contribution < -0.4 is 5.32 Å². The summed E-state index contributed by atoms with van der Waals surface area (Å²) in [6, 6.07) is 4.97. The van der Waals surface area contributed by atoms with E-state index < -0.39 is 0 Å². The zero-order valence-electron chi connectivity index (χ0n) is 10.1. The van der Waals surface area contributed by atoms with Gasteiger partial charge in [-0.2, -0.15) is 0 Å². The fourth-order valence-electron chi connectivity index (χ4n) is 2.99. The molecule has 0 bridgehead atoms. The molecule has 0 saturated carbocycles. The van der Waals surface area contributed by atoms with Gasteiger partial charge in [0.2, 0.25) is 0 Å². The number of aryl methyl sites for hydroxylation is 3. The van der Waals surface area contributed by atoms with Crippen molar-refractivity contribution in [3.05, 3.63) is 34.5 Å². The van der Waals surface area contributed by atoms with Gasteiger partial charge < -0.3 is 10.3 Å². The van der Waals surface area contributed by atoms with Gasteiger partial charge in [-0.3, -0.25) is 0 Å². The number of benzene rings is 1. The fraction of sp³-hybridized carbons (Fsp3) is 0.429. The molecule has 1 aromatic heterocycles. The van der Waals surface area contributed by atoms with E-state index in [0.717, 1.165) is 0 Å². The normalized spacial score (nSPS) is 19.3. The minimum absolute atomic E-state index is 0.532. The lowest BCUT2D eigenvalue weighted by atomic mass is 10.0. The summed E-state index contributed by atoms with van der Waals surface area (Å²) in [6.45, 7) is 4.39. The first-order valence-corrected chi connectivity index (χ1v) is 6.00. The van der Waals surface area contributed by atoms with Gasteiger partial charge in [-0.15, -0.1) is 0 Å². The lowest BCUT2D eigenvalue weighted by Gasteiger charge is -2.10. The van der Waals surface area contributed by atoms with Crippen molar-refractivity contribution >= 4 is 10.9 Å². The van der Waals surface area contributed by atoms with E-state index in [1.165, 1.54) is 46.1 Å². The highest BCUT2D eigenvalue weighted by molar-refractivity contribution is 5.91. The van der Waals surface area contributed by atoms with Crippen LogP contribution in [0.2, 0.25) is 0 Å². The van der Waals surface area contributed by atoms with Crippen LogP contribution in [0.15, 0.2) is 12.1 Å². The summed E-state index contributed by atoms with van der Waals surface area (Å²) >= 11 is 0. The van der Waals surface area contributed by atoms with Crippen LogP contribution in [-0.4, -0.2) is 12.0 Å². The van der Waals surface area contributed by atoms with Crippen molar-refractivity contribution in [1.82, 2.24) is 10.3 Å². The third kappa shape index (κ3) is 1.17. The Morgan fingerprint density at radius 2 is 2.00 bits per heavy atom. The van der Waals surface area contributed by atoms with E-state index in [1.807, 2.05) is 0 Å². The first kappa shape index (κ1) is 9.91. The second kappa shape index (κ2) is 3.36. The number of aromatic amines is 1. The average Bonchev–Trinajstić information content (AvgIpc) is 2.81. The third-order valence-electron chi connectivity index (χ3n) is 3.87. The number of fused-ring (bicyclic) bond motifs is 3. The van der Waals surface area contributed by atoms with Crippen molar-refractivity contribution in [1.29, 1.82) is 0 Å². The molecule has 0 amide bonds. The Hall–Kier alpha value is -1.28. The molecule has 2 nitrogen and oxygen atoms in total. The number of hydrogen-bond acceptors (Lipinski definition) is 1. The molecule has 0 aliphatic heterocycles. The number of rotatable bonds is 1. The van der Waals surface area contributed by atoms with Gasteiger partial charge in [-0.25, -0.2) is 0 Å². The molecule has 1 aromatic carbocycles. The Bertz CT molecular complexity index is 551. The molecule has 84 valence electrons. The Labute approximate surface area is 96.1 Å². The molecule has 2 heteroatoms. The van der Waals surface area contributed by atoms with Gasteiger partial charge in [0.25, 0.3) is 0 Å². The smallest absolute Gasteiger partial charge is 0.0491 e. The summed E-state index contributed by atoms with van der Waals surface area (Å²) in [5.74, 6) is 0. The van der Waals surface area contributed by atoms with Crippen molar-refractivity contribution in [2.45, 2.75) is 32.7 Å². The molecule has 0 radical (unpaired) electrons. The molecule has 1 atom stereocenters. The van der Waals surface area contributed by atoms with E-state index in [9.17, 15) is 0 Å². The van der Waals surface area contributed by atoms with Crippen molar-refractivity contribution in [2.75, 3.05) is 7.05 Å². The fourth-order valence-corrected chi connectivity index (χ4v) is 2.99. The lowest BCUT2D eigenvalue weighted by Crippen LogP contribution is -2.12. The first-order valence-electron chi connectivity index (χ1n) is 6.00. The van der Waals surface area contributed by atoms with E-state index in [4.69, 9.17) is 0 Å². The number of nitrogens with one attached hydrogen (secondary N) is 2.